The predicted octanol–water partition coefficient (Wildman–Crippen LogP) is 9.58. The third kappa shape index (κ3) is 3.35. The number of hydrogen-bond donors (Lipinski definition) is 0. The highest BCUT2D eigenvalue weighted by atomic mass is 32.1. The molecule has 0 aliphatic heterocycles. The average molecular weight is 518 g/mol. The molecule has 3 aromatic heterocycles. The van der Waals surface area contributed by atoms with Gasteiger partial charge in [0, 0.05) is 32.2 Å². The summed E-state index contributed by atoms with van der Waals surface area (Å²) in [5.41, 5.74) is 6.48. The Morgan fingerprint density at radius 3 is 2.08 bits per heavy atom. The second-order valence-corrected chi connectivity index (χ2v) is 10.9. The van der Waals surface area contributed by atoms with Crippen LogP contribution in [0.3, 0.4) is 0 Å². The van der Waals surface area contributed by atoms with Gasteiger partial charge >= 0.3 is 0 Å². The summed E-state index contributed by atoms with van der Waals surface area (Å²) in [6.07, 6.45) is 0. The molecular weight excluding hydrogens is 494 g/mol. The number of para-hydroxylation sites is 1. The summed E-state index contributed by atoms with van der Waals surface area (Å²) >= 11 is 1.86. The first-order valence-corrected chi connectivity index (χ1v) is 13.9. The van der Waals surface area contributed by atoms with Gasteiger partial charge in [-0.05, 0) is 29.8 Å². The standard InChI is InChI=1S/C35H23N3S/c1-22-31(24-13-4-2-5-14-24)36-34(25-15-6-3-7-16-25)37-35(22)38-28-19-11-10-18-27(28)33-32(38)30-26-17-9-8-12-23(26)20-21-29(30)39-33/h2-21H,1H3. The fourth-order valence-electron chi connectivity index (χ4n) is 5.77. The van der Waals surface area contributed by atoms with Crippen molar-refractivity contribution in [2.75, 3.05) is 0 Å². The number of hydrogen-bond acceptors (Lipinski definition) is 3. The van der Waals surface area contributed by atoms with E-state index in [1.54, 1.807) is 0 Å². The SMILES string of the molecule is Cc1c(-c2ccccc2)nc(-c2ccccc2)nc1-n1c2ccccc2c2sc3ccc4ccccc4c3c21. The average Bonchev–Trinajstić information content (AvgIpc) is 3.53. The minimum atomic E-state index is 0.727. The zero-order chi connectivity index (χ0) is 25.9. The molecule has 8 rings (SSSR count). The molecule has 5 aromatic carbocycles. The molecule has 184 valence electrons. The van der Waals surface area contributed by atoms with E-state index in [2.05, 4.69) is 109 Å². The maximum absolute atomic E-state index is 5.29. The molecule has 8 aromatic rings. The molecule has 4 heteroatoms. The van der Waals surface area contributed by atoms with Crippen molar-refractivity contribution in [1.82, 2.24) is 14.5 Å². The first kappa shape index (κ1) is 22.2. The van der Waals surface area contributed by atoms with E-state index in [0.29, 0.717) is 0 Å². The second kappa shape index (κ2) is 8.62. The van der Waals surface area contributed by atoms with Crippen LogP contribution in [0.15, 0.2) is 121 Å². The molecule has 0 unspecified atom stereocenters. The molecule has 0 saturated carbocycles. The summed E-state index contributed by atoms with van der Waals surface area (Å²) < 4.78 is 4.96. The van der Waals surface area contributed by atoms with Crippen LogP contribution in [0.5, 0.6) is 0 Å². The fourth-order valence-corrected chi connectivity index (χ4v) is 7.00. The molecule has 0 fully saturated rings. The van der Waals surface area contributed by atoms with Crippen molar-refractivity contribution in [3.8, 4) is 28.5 Å². The molecule has 0 radical (unpaired) electrons. The molecule has 0 aliphatic rings. The Morgan fingerprint density at radius 2 is 1.28 bits per heavy atom. The van der Waals surface area contributed by atoms with Gasteiger partial charge in [0.05, 0.1) is 21.4 Å². The topological polar surface area (TPSA) is 30.7 Å². The van der Waals surface area contributed by atoms with Gasteiger partial charge < -0.3 is 0 Å². The molecule has 39 heavy (non-hydrogen) atoms. The zero-order valence-corrected chi connectivity index (χ0v) is 22.1. The van der Waals surface area contributed by atoms with Gasteiger partial charge in [-0.25, -0.2) is 9.97 Å². The first-order valence-electron chi connectivity index (χ1n) is 13.1. The van der Waals surface area contributed by atoms with Gasteiger partial charge in [0.15, 0.2) is 5.82 Å². The Balaban J connectivity index is 1.57. The number of rotatable bonds is 3. The highest BCUT2D eigenvalue weighted by molar-refractivity contribution is 7.27. The zero-order valence-electron chi connectivity index (χ0n) is 21.3. The molecule has 0 spiro atoms. The normalized spacial score (nSPS) is 11.7. The van der Waals surface area contributed by atoms with Crippen molar-refractivity contribution in [1.29, 1.82) is 0 Å². The highest BCUT2D eigenvalue weighted by Crippen LogP contribution is 2.45. The van der Waals surface area contributed by atoms with Gasteiger partial charge in [0.1, 0.15) is 5.82 Å². The van der Waals surface area contributed by atoms with Gasteiger partial charge in [-0.1, -0.05) is 109 Å². The summed E-state index contributed by atoms with van der Waals surface area (Å²) in [6.45, 7) is 2.15. The van der Waals surface area contributed by atoms with Crippen LogP contribution in [0, 0.1) is 6.92 Å². The van der Waals surface area contributed by atoms with Gasteiger partial charge in [0.25, 0.3) is 0 Å². The van der Waals surface area contributed by atoms with Crippen molar-refractivity contribution in [2.45, 2.75) is 6.92 Å². The van der Waals surface area contributed by atoms with Gasteiger partial charge in [-0.2, -0.15) is 0 Å². The minimum absolute atomic E-state index is 0.727. The van der Waals surface area contributed by atoms with Crippen molar-refractivity contribution < 1.29 is 0 Å². The molecule has 0 aliphatic carbocycles. The van der Waals surface area contributed by atoms with E-state index < -0.39 is 0 Å². The van der Waals surface area contributed by atoms with Crippen LogP contribution < -0.4 is 0 Å². The first-order chi connectivity index (χ1) is 19.3. The van der Waals surface area contributed by atoms with Gasteiger partial charge in [-0.15, -0.1) is 11.3 Å². The van der Waals surface area contributed by atoms with Crippen LogP contribution in [0.25, 0.3) is 70.4 Å². The maximum Gasteiger partial charge on any atom is 0.162 e. The van der Waals surface area contributed by atoms with Crippen LogP contribution in [-0.2, 0) is 0 Å². The van der Waals surface area contributed by atoms with E-state index in [1.165, 1.54) is 36.5 Å². The Hall–Kier alpha value is -4.80. The number of fused-ring (bicyclic) bond motifs is 7. The van der Waals surface area contributed by atoms with Crippen molar-refractivity contribution in [3.63, 3.8) is 0 Å². The summed E-state index contributed by atoms with van der Waals surface area (Å²) in [7, 11) is 0. The van der Waals surface area contributed by atoms with E-state index in [0.717, 1.165) is 39.5 Å². The van der Waals surface area contributed by atoms with E-state index in [1.807, 2.05) is 35.6 Å². The number of thiophene rings is 1. The quantitative estimate of drug-likeness (QED) is 0.234. The lowest BCUT2D eigenvalue weighted by Crippen LogP contribution is -2.06. The Morgan fingerprint density at radius 1 is 0.615 bits per heavy atom. The molecular formula is C35H23N3S. The van der Waals surface area contributed by atoms with Crippen LogP contribution >= 0.6 is 11.3 Å². The minimum Gasteiger partial charge on any atom is -0.292 e. The maximum atomic E-state index is 5.29. The van der Waals surface area contributed by atoms with E-state index in [-0.39, 0.29) is 0 Å². The fraction of sp³-hybridized carbons (Fsp3) is 0.0286. The van der Waals surface area contributed by atoms with E-state index >= 15 is 0 Å². The summed E-state index contributed by atoms with van der Waals surface area (Å²) in [4.78, 5) is 10.4. The number of nitrogens with zero attached hydrogens (tertiary/aromatic N) is 3. The number of aromatic nitrogens is 3. The highest BCUT2D eigenvalue weighted by Gasteiger charge is 2.23. The van der Waals surface area contributed by atoms with E-state index in [9.17, 15) is 0 Å². The monoisotopic (exact) mass is 517 g/mol. The van der Waals surface area contributed by atoms with Gasteiger partial charge in [0.2, 0.25) is 0 Å². The molecule has 0 atom stereocenters. The third-order valence-electron chi connectivity index (χ3n) is 7.58. The smallest absolute Gasteiger partial charge is 0.162 e. The Kier molecular flexibility index (Phi) is 4.91. The van der Waals surface area contributed by atoms with E-state index in [4.69, 9.17) is 9.97 Å². The summed E-state index contributed by atoms with van der Waals surface area (Å²) in [5, 5.41) is 5.04. The molecule has 3 nitrogen and oxygen atoms in total. The summed E-state index contributed by atoms with van der Waals surface area (Å²) in [5.74, 6) is 1.65. The largest absolute Gasteiger partial charge is 0.292 e. The summed E-state index contributed by atoms with van der Waals surface area (Å²) in [6, 6.07) is 42.6. The molecule has 3 heterocycles. The van der Waals surface area contributed by atoms with Crippen LogP contribution in [0.4, 0.5) is 0 Å². The Labute approximate surface area is 229 Å². The van der Waals surface area contributed by atoms with Crippen molar-refractivity contribution in [2.24, 2.45) is 0 Å². The number of benzene rings is 5. The van der Waals surface area contributed by atoms with Crippen LogP contribution in [0.2, 0.25) is 0 Å². The van der Waals surface area contributed by atoms with Crippen LogP contribution in [0.1, 0.15) is 5.56 Å². The lowest BCUT2D eigenvalue weighted by atomic mass is 10.1. The second-order valence-electron chi connectivity index (χ2n) is 9.87. The molecule has 0 amide bonds. The molecule has 0 saturated heterocycles. The van der Waals surface area contributed by atoms with Crippen molar-refractivity contribution >= 4 is 53.3 Å². The third-order valence-corrected chi connectivity index (χ3v) is 8.76. The van der Waals surface area contributed by atoms with Crippen LogP contribution in [-0.4, -0.2) is 14.5 Å². The van der Waals surface area contributed by atoms with Crippen molar-refractivity contribution in [3.05, 3.63) is 127 Å². The lowest BCUT2D eigenvalue weighted by molar-refractivity contribution is 1.02. The molecule has 0 N–H and O–H groups in total. The predicted molar refractivity (Wildman–Crippen MR) is 165 cm³/mol. The Bertz CT molecular complexity index is 2170. The molecule has 0 bridgehead atoms. The van der Waals surface area contributed by atoms with Gasteiger partial charge in [-0.3, -0.25) is 4.57 Å². The lowest BCUT2D eigenvalue weighted by Gasteiger charge is -2.16.